The van der Waals surface area contributed by atoms with Gasteiger partial charge in [-0.15, -0.1) is 0 Å². The molecular weight excluding hydrogens is 308 g/mol. The lowest BCUT2D eigenvalue weighted by Gasteiger charge is -2.16. The molecule has 0 amide bonds. The van der Waals surface area contributed by atoms with E-state index in [0.717, 1.165) is 0 Å². The normalized spacial score (nSPS) is 25.9. The lowest BCUT2D eigenvalue weighted by atomic mass is 10.00. The number of nitrogens with one attached hydrogen (secondary N) is 2. The molecular formula is C21H44N4. The fraction of sp³-hybridized carbons (Fsp3) is 1.00. The average Bonchev–Trinajstić information content (AvgIpc) is 3.51. The van der Waals surface area contributed by atoms with E-state index < -0.39 is 0 Å². The van der Waals surface area contributed by atoms with Crippen molar-refractivity contribution in [1.82, 2.24) is 20.9 Å². The van der Waals surface area contributed by atoms with E-state index >= 15 is 0 Å². The lowest BCUT2D eigenvalue weighted by molar-refractivity contribution is 0.308. The summed E-state index contributed by atoms with van der Waals surface area (Å²) in [6.45, 7) is 11.6. The molecule has 2 aliphatic heterocycles. The molecule has 2 unspecified atom stereocenters. The maximum absolute atomic E-state index is 3.73. The Kier molecular flexibility index (Phi) is 8.67. The molecule has 2 aliphatic rings. The van der Waals surface area contributed by atoms with Gasteiger partial charge in [-0.3, -0.25) is 0 Å². The van der Waals surface area contributed by atoms with Crippen LogP contribution < -0.4 is 10.9 Å². The van der Waals surface area contributed by atoms with Gasteiger partial charge in [0, 0.05) is 13.1 Å². The zero-order valence-corrected chi connectivity index (χ0v) is 17.5. The number of hydrogen-bond acceptors (Lipinski definition) is 4. The van der Waals surface area contributed by atoms with Gasteiger partial charge in [-0.2, -0.15) is 0 Å². The van der Waals surface area contributed by atoms with Crippen molar-refractivity contribution >= 4 is 0 Å². The number of hydrazine groups is 2. The van der Waals surface area contributed by atoms with Gasteiger partial charge in [0.2, 0.25) is 0 Å². The van der Waals surface area contributed by atoms with E-state index in [1.165, 1.54) is 96.6 Å². The van der Waals surface area contributed by atoms with Crippen LogP contribution in [-0.4, -0.2) is 34.4 Å². The summed E-state index contributed by atoms with van der Waals surface area (Å²) in [7, 11) is 0. The molecule has 2 heterocycles. The molecule has 25 heavy (non-hydrogen) atoms. The minimum absolute atomic E-state index is 0.347. The Bertz CT molecular complexity index is 321. The van der Waals surface area contributed by atoms with Gasteiger partial charge in [-0.25, -0.2) is 20.9 Å². The first-order valence-electron chi connectivity index (χ1n) is 11.3. The Morgan fingerprint density at radius 1 is 0.520 bits per heavy atom. The van der Waals surface area contributed by atoms with Crippen LogP contribution in [0.3, 0.4) is 0 Å². The van der Waals surface area contributed by atoms with E-state index in [1.807, 2.05) is 0 Å². The number of rotatable bonds is 16. The summed E-state index contributed by atoms with van der Waals surface area (Å²) in [6.07, 6.45) is 17.1. The summed E-state index contributed by atoms with van der Waals surface area (Å²) in [5, 5.41) is 5.09. The summed E-state index contributed by atoms with van der Waals surface area (Å²) in [5.41, 5.74) is 8.15. The zero-order chi connectivity index (χ0) is 18.2. The molecule has 4 heteroatoms. The van der Waals surface area contributed by atoms with Crippen LogP contribution in [0.15, 0.2) is 0 Å². The Morgan fingerprint density at radius 2 is 0.840 bits per heavy atom. The topological polar surface area (TPSA) is 49.9 Å². The molecule has 2 saturated heterocycles. The highest BCUT2D eigenvalue weighted by Gasteiger charge is 2.51. The van der Waals surface area contributed by atoms with Crippen LogP contribution in [0.4, 0.5) is 0 Å². The summed E-state index contributed by atoms with van der Waals surface area (Å²) in [4.78, 5) is 0. The zero-order valence-electron chi connectivity index (χ0n) is 17.5. The molecule has 0 aromatic rings. The fourth-order valence-electron chi connectivity index (χ4n) is 4.27. The summed E-state index contributed by atoms with van der Waals surface area (Å²) >= 11 is 0. The average molecular weight is 353 g/mol. The van der Waals surface area contributed by atoms with Crippen LogP contribution >= 0.6 is 0 Å². The summed E-state index contributed by atoms with van der Waals surface area (Å²) in [6, 6.07) is 0. The molecule has 0 aromatic heterocycles. The Hall–Kier alpha value is -0.160. The predicted octanol–water partition coefficient (Wildman–Crippen LogP) is 5.17. The van der Waals surface area contributed by atoms with Gasteiger partial charge in [0.05, 0.1) is 11.3 Å². The maximum atomic E-state index is 3.73. The first-order chi connectivity index (χ1) is 12.2. The second-order valence-corrected chi connectivity index (χ2v) is 8.36. The molecule has 0 aromatic carbocycles. The lowest BCUT2D eigenvalue weighted by Crippen LogP contribution is -2.23. The molecule has 148 valence electrons. The largest absolute Gasteiger partial charge is 0.232 e. The Balaban J connectivity index is 1.69. The minimum Gasteiger partial charge on any atom is -0.232 e. The molecule has 0 spiro atoms. The second kappa shape index (κ2) is 10.2. The third kappa shape index (κ3) is 5.92. The van der Waals surface area contributed by atoms with E-state index in [1.54, 1.807) is 0 Å². The second-order valence-electron chi connectivity index (χ2n) is 8.36. The van der Waals surface area contributed by atoms with Gasteiger partial charge in [0.1, 0.15) is 0 Å². The maximum Gasteiger partial charge on any atom is 0.0974 e. The monoisotopic (exact) mass is 352 g/mol. The number of hydrogen-bond donors (Lipinski definition) is 2. The molecule has 0 bridgehead atoms. The van der Waals surface area contributed by atoms with Crippen molar-refractivity contribution in [3.63, 3.8) is 0 Å². The van der Waals surface area contributed by atoms with Crippen molar-refractivity contribution < 1.29 is 0 Å². The summed E-state index contributed by atoms with van der Waals surface area (Å²) in [5.74, 6) is 0. The van der Waals surface area contributed by atoms with Crippen molar-refractivity contribution in [2.75, 3.05) is 13.1 Å². The van der Waals surface area contributed by atoms with Crippen LogP contribution in [0.2, 0.25) is 0 Å². The van der Waals surface area contributed by atoms with Gasteiger partial charge >= 0.3 is 0 Å². The van der Waals surface area contributed by atoms with Crippen LogP contribution in [0.25, 0.3) is 0 Å². The van der Waals surface area contributed by atoms with E-state index in [-0.39, 0.29) is 0 Å². The van der Waals surface area contributed by atoms with Crippen molar-refractivity contribution in [3.8, 4) is 0 Å². The minimum atomic E-state index is 0.347. The standard InChI is InChI=1S/C21H44N4/c1-5-9-14-20(15-10-6-2)22-24(20)18-13-19-25-21(23-25,16-11-7-3)17-12-8-4/h22-23H,5-19H2,1-4H3. The van der Waals surface area contributed by atoms with E-state index in [2.05, 4.69) is 48.6 Å². The third-order valence-electron chi connectivity index (χ3n) is 6.16. The first-order valence-corrected chi connectivity index (χ1v) is 11.3. The smallest absolute Gasteiger partial charge is 0.0974 e. The van der Waals surface area contributed by atoms with Gasteiger partial charge in [0.25, 0.3) is 0 Å². The Labute approximate surface area is 157 Å². The van der Waals surface area contributed by atoms with Gasteiger partial charge in [-0.05, 0) is 32.1 Å². The molecule has 0 saturated carbocycles. The molecule has 4 nitrogen and oxygen atoms in total. The SMILES string of the molecule is CCCCC1(CCCC)NN1CCCN1NC1(CCCC)CCCC. The third-order valence-corrected chi connectivity index (χ3v) is 6.16. The molecule has 0 radical (unpaired) electrons. The number of unbranched alkanes of at least 4 members (excludes halogenated alkanes) is 4. The van der Waals surface area contributed by atoms with Crippen molar-refractivity contribution in [1.29, 1.82) is 0 Å². The highest BCUT2D eigenvalue weighted by atomic mass is 15.8. The number of nitrogens with zero attached hydrogens (tertiary/aromatic N) is 2. The first kappa shape index (κ1) is 21.1. The fourth-order valence-corrected chi connectivity index (χ4v) is 4.27. The van der Waals surface area contributed by atoms with Crippen LogP contribution in [0.1, 0.15) is 111 Å². The van der Waals surface area contributed by atoms with E-state index in [0.29, 0.717) is 11.3 Å². The van der Waals surface area contributed by atoms with Gasteiger partial charge < -0.3 is 0 Å². The highest BCUT2D eigenvalue weighted by molar-refractivity contribution is 4.99. The van der Waals surface area contributed by atoms with Crippen LogP contribution in [0, 0.1) is 0 Å². The quantitative estimate of drug-likeness (QED) is 0.376. The summed E-state index contributed by atoms with van der Waals surface area (Å²) < 4.78 is 0. The van der Waals surface area contributed by atoms with Gasteiger partial charge in [-0.1, -0.05) is 79.1 Å². The molecule has 0 aliphatic carbocycles. The van der Waals surface area contributed by atoms with E-state index in [9.17, 15) is 0 Å². The molecule has 2 N–H and O–H groups in total. The van der Waals surface area contributed by atoms with E-state index in [4.69, 9.17) is 0 Å². The van der Waals surface area contributed by atoms with Crippen molar-refractivity contribution in [2.24, 2.45) is 0 Å². The van der Waals surface area contributed by atoms with Crippen LogP contribution in [0.5, 0.6) is 0 Å². The molecule has 2 atom stereocenters. The molecule has 2 fully saturated rings. The van der Waals surface area contributed by atoms with Gasteiger partial charge in [0.15, 0.2) is 0 Å². The van der Waals surface area contributed by atoms with Crippen molar-refractivity contribution in [2.45, 2.75) is 122 Å². The van der Waals surface area contributed by atoms with Crippen LogP contribution in [-0.2, 0) is 0 Å². The van der Waals surface area contributed by atoms with Crippen molar-refractivity contribution in [3.05, 3.63) is 0 Å². The highest BCUT2D eigenvalue weighted by Crippen LogP contribution is 2.38. The predicted molar refractivity (Wildman–Crippen MR) is 108 cm³/mol. The Morgan fingerprint density at radius 3 is 1.12 bits per heavy atom. The molecule has 2 rings (SSSR count).